The van der Waals surface area contributed by atoms with Crippen molar-refractivity contribution in [3.05, 3.63) is 24.3 Å². The Hall–Kier alpha value is -2.08. The first-order valence-corrected chi connectivity index (χ1v) is 7.38. The summed E-state index contributed by atoms with van der Waals surface area (Å²) in [4.78, 5) is 25.4. The lowest BCUT2D eigenvalue weighted by atomic mass is 10.2. The van der Waals surface area contributed by atoms with Crippen LogP contribution in [0.2, 0.25) is 0 Å². The monoisotopic (exact) mass is 307 g/mol. The number of nitrogens with one attached hydrogen (secondary N) is 2. The average Bonchev–Trinajstić information content (AvgIpc) is 2.46. The number of hydrogen-bond acceptors (Lipinski definition) is 4. The van der Waals surface area contributed by atoms with E-state index in [0.717, 1.165) is 5.69 Å². The summed E-state index contributed by atoms with van der Waals surface area (Å²) in [6, 6.07) is 7.30. The highest BCUT2D eigenvalue weighted by atomic mass is 16.5. The molecule has 0 aromatic heterocycles. The molecule has 1 aromatic rings. The Morgan fingerprint density at radius 1 is 1.23 bits per heavy atom. The number of ether oxygens (including phenoxy) is 1. The quantitative estimate of drug-likeness (QED) is 0.593. The van der Waals surface area contributed by atoms with Crippen molar-refractivity contribution in [2.45, 2.75) is 26.4 Å². The molecule has 0 aliphatic carbocycles. The molecule has 2 amide bonds. The lowest BCUT2D eigenvalue weighted by Gasteiger charge is -2.14. The molecule has 0 saturated heterocycles. The summed E-state index contributed by atoms with van der Waals surface area (Å²) < 4.78 is 5.36. The molecule has 0 radical (unpaired) electrons. The van der Waals surface area contributed by atoms with E-state index in [0.29, 0.717) is 25.3 Å². The van der Waals surface area contributed by atoms with E-state index in [1.165, 1.54) is 0 Å². The smallest absolute Gasteiger partial charge is 0.313 e. The second kappa shape index (κ2) is 9.04. The molecule has 0 aliphatic heterocycles. The first kappa shape index (κ1) is 18.0. The largest absolute Gasteiger partial charge is 0.379 e. The Bertz CT molecular complexity index is 501. The van der Waals surface area contributed by atoms with E-state index in [9.17, 15) is 9.59 Å². The number of benzene rings is 1. The molecule has 2 N–H and O–H groups in total. The van der Waals surface area contributed by atoms with Crippen LogP contribution >= 0.6 is 0 Å². The third kappa shape index (κ3) is 6.58. The van der Waals surface area contributed by atoms with Crippen LogP contribution in [-0.2, 0) is 14.3 Å². The number of carbonyl (C=O) groups excluding carboxylic acids is 2. The predicted octanol–water partition coefficient (Wildman–Crippen LogP) is 1.62. The third-order valence-electron chi connectivity index (χ3n) is 2.88. The molecule has 122 valence electrons. The van der Waals surface area contributed by atoms with Crippen molar-refractivity contribution in [3.63, 3.8) is 0 Å². The van der Waals surface area contributed by atoms with Crippen LogP contribution in [-0.4, -0.2) is 45.2 Å². The standard InChI is InChI=1S/C16H25N3O3/c1-12(2)22-10-6-9-17-15(20)16(21)18-13-7-5-8-14(11-13)19(3)4/h5,7-8,11-12H,6,9-10H2,1-4H3,(H,17,20)(H,18,21). The highest BCUT2D eigenvalue weighted by molar-refractivity contribution is 6.39. The highest BCUT2D eigenvalue weighted by Gasteiger charge is 2.13. The van der Waals surface area contributed by atoms with Crippen LogP contribution in [0, 0.1) is 0 Å². The number of hydrogen-bond donors (Lipinski definition) is 2. The van der Waals surface area contributed by atoms with Gasteiger partial charge in [-0.2, -0.15) is 0 Å². The van der Waals surface area contributed by atoms with E-state index >= 15 is 0 Å². The number of anilines is 2. The fraction of sp³-hybridized carbons (Fsp3) is 0.500. The van der Waals surface area contributed by atoms with Crippen LogP contribution in [0.25, 0.3) is 0 Å². The first-order valence-electron chi connectivity index (χ1n) is 7.38. The fourth-order valence-electron chi connectivity index (χ4n) is 1.72. The summed E-state index contributed by atoms with van der Waals surface area (Å²) in [6.45, 7) is 4.88. The molecule has 1 aromatic carbocycles. The third-order valence-corrected chi connectivity index (χ3v) is 2.88. The molecule has 0 heterocycles. The summed E-state index contributed by atoms with van der Waals surface area (Å²) in [5.74, 6) is -1.31. The SMILES string of the molecule is CC(C)OCCCNC(=O)C(=O)Nc1cccc(N(C)C)c1. The second-order valence-corrected chi connectivity index (χ2v) is 5.43. The van der Waals surface area contributed by atoms with Gasteiger partial charge in [0, 0.05) is 38.6 Å². The van der Waals surface area contributed by atoms with Gasteiger partial charge in [-0.15, -0.1) is 0 Å². The van der Waals surface area contributed by atoms with Gasteiger partial charge in [-0.05, 0) is 38.5 Å². The molecule has 1 rings (SSSR count). The van der Waals surface area contributed by atoms with Crippen LogP contribution < -0.4 is 15.5 Å². The van der Waals surface area contributed by atoms with Crippen molar-refractivity contribution in [1.29, 1.82) is 0 Å². The van der Waals surface area contributed by atoms with Crippen LogP contribution in [0.15, 0.2) is 24.3 Å². The Morgan fingerprint density at radius 2 is 1.95 bits per heavy atom. The van der Waals surface area contributed by atoms with Gasteiger partial charge in [0.15, 0.2) is 0 Å². The molecular weight excluding hydrogens is 282 g/mol. The molecule has 22 heavy (non-hydrogen) atoms. The van der Waals surface area contributed by atoms with Gasteiger partial charge in [-0.1, -0.05) is 6.07 Å². The van der Waals surface area contributed by atoms with Crippen molar-refractivity contribution in [1.82, 2.24) is 5.32 Å². The minimum atomic E-state index is -0.666. The molecule has 0 bridgehead atoms. The van der Waals surface area contributed by atoms with Crippen LogP contribution in [0.5, 0.6) is 0 Å². The van der Waals surface area contributed by atoms with Gasteiger partial charge >= 0.3 is 11.8 Å². The van der Waals surface area contributed by atoms with Crippen molar-refractivity contribution < 1.29 is 14.3 Å². The fourth-order valence-corrected chi connectivity index (χ4v) is 1.72. The van der Waals surface area contributed by atoms with Gasteiger partial charge in [-0.25, -0.2) is 0 Å². The summed E-state index contributed by atoms with van der Waals surface area (Å²) >= 11 is 0. The van der Waals surface area contributed by atoms with Gasteiger partial charge in [0.2, 0.25) is 0 Å². The van der Waals surface area contributed by atoms with E-state index < -0.39 is 11.8 Å². The molecule has 0 spiro atoms. The molecular formula is C16H25N3O3. The van der Waals surface area contributed by atoms with Gasteiger partial charge in [0.25, 0.3) is 0 Å². The first-order chi connectivity index (χ1) is 10.4. The van der Waals surface area contributed by atoms with E-state index in [-0.39, 0.29) is 6.10 Å². The van der Waals surface area contributed by atoms with E-state index in [1.807, 2.05) is 51.0 Å². The second-order valence-electron chi connectivity index (χ2n) is 5.43. The summed E-state index contributed by atoms with van der Waals surface area (Å²) in [5, 5.41) is 5.16. The van der Waals surface area contributed by atoms with Gasteiger partial charge < -0.3 is 20.3 Å². The summed E-state index contributed by atoms with van der Waals surface area (Å²) in [6.07, 6.45) is 0.843. The maximum absolute atomic E-state index is 11.8. The van der Waals surface area contributed by atoms with Crippen molar-refractivity contribution in [3.8, 4) is 0 Å². The lowest BCUT2D eigenvalue weighted by molar-refractivity contribution is -0.136. The van der Waals surface area contributed by atoms with Crippen LogP contribution in [0.4, 0.5) is 11.4 Å². The highest BCUT2D eigenvalue weighted by Crippen LogP contribution is 2.16. The summed E-state index contributed by atoms with van der Waals surface area (Å²) in [5.41, 5.74) is 1.54. The molecule has 0 fully saturated rings. The summed E-state index contributed by atoms with van der Waals surface area (Å²) in [7, 11) is 3.82. The van der Waals surface area contributed by atoms with Crippen LogP contribution in [0.3, 0.4) is 0 Å². The molecule has 6 heteroatoms. The topological polar surface area (TPSA) is 70.7 Å². The number of amides is 2. The zero-order valence-corrected chi connectivity index (χ0v) is 13.7. The predicted molar refractivity (Wildman–Crippen MR) is 88.1 cm³/mol. The number of carbonyl (C=O) groups is 2. The molecule has 0 aliphatic rings. The van der Waals surface area contributed by atoms with E-state index in [2.05, 4.69) is 10.6 Å². The lowest BCUT2D eigenvalue weighted by Crippen LogP contribution is -2.36. The van der Waals surface area contributed by atoms with Crippen molar-refractivity contribution >= 4 is 23.2 Å². The average molecular weight is 307 g/mol. The molecule has 0 saturated carbocycles. The van der Waals surface area contributed by atoms with Gasteiger partial charge in [-0.3, -0.25) is 9.59 Å². The molecule has 0 atom stereocenters. The van der Waals surface area contributed by atoms with Crippen molar-refractivity contribution in [2.75, 3.05) is 37.5 Å². The maximum atomic E-state index is 11.8. The van der Waals surface area contributed by atoms with Crippen LogP contribution in [0.1, 0.15) is 20.3 Å². The Kier molecular flexibility index (Phi) is 7.39. The van der Waals surface area contributed by atoms with E-state index in [1.54, 1.807) is 6.07 Å². The van der Waals surface area contributed by atoms with E-state index in [4.69, 9.17) is 4.74 Å². The van der Waals surface area contributed by atoms with Gasteiger partial charge in [0.1, 0.15) is 0 Å². The molecule has 6 nitrogen and oxygen atoms in total. The maximum Gasteiger partial charge on any atom is 0.313 e. The normalized spacial score (nSPS) is 10.4. The zero-order chi connectivity index (χ0) is 16.5. The Balaban J connectivity index is 2.38. The number of rotatable bonds is 7. The van der Waals surface area contributed by atoms with Crippen molar-refractivity contribution in [2.24, 2.45) is 0 Å². The Labute approximate surface area is 131 Å². The molecule has 0 unspecified atom stereocenters. The minimum absolute atomic E-state index is 0.169. The minimum Gasteiger partial charge on any atom is -0.379 e. The van der Waals surface area contributed by atoms with Gasteiger partial charge in [0.05, 0.1) is 6.10 Å². The Morgan fingerprint density at radius 3 is 2.59 bits per heavy atom. The number of nitrogens with zero attached hydrogens (tertiary/aromatic N) is 1. The zero-order valence-electron chi connectivity index (χ0n) is 13.7.